The summed E-state index contributed by atoms with van der Waals surface area (Å²) < 4.78 is 11.9. The Morgan fingerprint density at radius 2 is 1.86 bits per heavy atom. The van der Waals surface area contributed by atoms with Gasteiger partial charge in [0, 0.05) is 33.3 Å². The number of benzene rings is 3. The fourth-order valence-corrected chi connectivity index (χ4v) is 5.68. The molecule has 3 aromatic rings. The van der Waals surface area contributed by atoms with Crippen molar-refractivity contribution in [1.29, 1.82) is 0 Å². The van der Waals surface area contributed by atoms with Gasteiger partial charge in [-0.25, -0.2) is 0 Å². The lowest BCUT2D eigenvalue weighted by Gasteiger charge is -2.30. The van der Waals surface area contributed by atoms with Gasteiger partial charge in [0.25, 0.3) is 11.9 Å². The molecule has 0 saturated carbocycles. The van der Waals surface area contributed by atoms with Crippen LogP contribution in [-0.4, -0.2) is 42.0 Å². The number of nitrogens with one attached hydrogen (secondary N) is 1. The number of nitrogens with zero attached hydrogens (tertiary/aromatic N) is 2. The van der Waals surface area contributed by atoms with E-state index in [2.05, 4.69) is 5.32 Å². The summed E-state index contributed by atoms with van der Waals surface area (Å²) in [4.78, 5) is 27.3. The van der Waals surface area contributed by atoms with Crippen LogP contribution in [0.3, 0.4) is 0 Å². The topological polar surface area (TPSA) is 93.9 Å². The van der Waals surface area contributed by atoms with Crippen molar-refractivity contribution in [3.8, 4) is 11.5 Å². The molecule has 1 N–H and O–H groups in total. The van der Waals surface area contributed by atoms with Crippen LogP contribution in [-0.2, 0) is 16.9 Å². The molecule has 2 heterocycles. The zero-order chi connectivity index (χ0) is 25.4. The third-order valence-corrected chi connectivity index (χ3v) is 7.45. The number of ether oxygens (including phenoxy) is 2. The maximum absolute atomic E-state index is 13.3. The maximum Gasteiger partial charge on any atom is 0.256 e. The van der Waals surface area contributed by atoms with Gasteiger partial charge in [-0.1, -0.05) is 54.1 Å². The molecule has 1 saturated heterocycles. The summed E-state index contributed by atoms with van der Waals surface area (Å²) in [6, 6.07) is 18.8. The Morgan fingerprint density at radius 3 is 2.61 bits per heavy atom. The highest BCUT2D eigenvalue weighted by Crippen LogP contribution is 2.52. The normalized spacial score (nSPS) is 22.9. The molecular formula is C27H26ClN3O5. The Bertz CT molecular complexity index is 1330. The summed E-state index contributed by atoms with van der Waals surface area (Å²) in [6.45, 7) is 2.85. The summed E-state index contributed by atoms with van der Waals surface area (Å²) in [5.74, 6) is 0.0890. The molecule has 0 aliphatic carbocycles. The Balaban J connectivity index is 1.51. The van der Waals surface area contributed by atoms with Gasteiger partial charge in [-0.05, 0) is 43.8 Å². The molecule has 3 aromatic carbocycles. The molecule has 8 nitrogen and oxygen atoms in total. The quantitative estimate of drug-likeness (QED) is 0.363. The molecule has 1 fully saturated rings. The summed E-state index contributed by atoms with van der Waals surface area (Å²) in [6.07, 6.45) is 0. The highest BCUT2D eigenvalue weighted by atomic mass is 35.5. The van der Waals surface area contributed by atoms with Crippen LogP contribution in [0.4, 0.5) is 5.69 Å². The van der Waals surface area contributed by atoms with Crippen LogP contribution in [0.1, 0.15) is 29.5 Å². The van der Waals surface area contributed by atoms with Crippen LogP contribution in [0.15, 0.2) is 66.7 Å². The van der Waals surface area contributed by atoms with Crippen molar-refractivity contribution in [3.05, 3.63) is 98.6 Å². The number of carbonyl (C=O) groups excluding carboxylic acids is 1. The minimum absolute atomic E-state index is 0.253. The van der Waals surface area contributed by atoms with E-state index in [1.54, 1.807) is 54.4 Å². The van der Waals surface area contributed by atoms with E-state index >= 15 is 0 Å². The average molecular weight is 508 g/mol. The molecule has 0 unspecified atom stereocenters. The van der Waals surface area contributed by atoms with Gasteiger partial charge >= 0.3 is 0 Å². The van der Waals surface area contributed by atoms with Crippen molar-refractivity contribution in [1.82, 2.24) is 4.90 Å². The van der Waals surface area contributed by atoms with Crippen LogP contribution >= 0.6 is 11.6 Å². The molecule has 0 bridgehead atoms. The van der Waals surface area contributed by atoms with Crippen LogP contribution in [0, 0.1) is 10.1 Å². The van der Waals surface area contributed by atoms with Gasteiger partial charge in [0.1, 0.15) is 6.61 Å². The first-order chi connectivity index (χ1) is 17.4. The van der Waals surface area contributed by atoms with Crippen LogP contribution in [0.25, 0.3) is 0 Å². The first-order valence-corrected chi connectivity index (χ1v) is 12.1. The van der Waals surface area contributed by atoms with E-state index < -0.39 is 17.5 Å². The van der Waals surface area contributed by atoms with Crippen molar-refractivity contribution in [2.75, 3.05) is 25.5 Å². The summed E-state index contributed by atoms with van der Waals surface area (Å²) >= 11 is 6.26. The molecule has 2 aliphatic heterocycles. The number of likely N-dealkylation sites (N-methyl/N-ethyl adjacent to an activating group) is 1. The van der Waals surface area contributed by atoms with E-state index in [9.17, 15) is 14.9 Å². The SMILES string of the molecule is CCOc1cc([C@@H]2CN(C)[C@@]3(C(=O)Nc4ccccc43)[C@H]2[N+](=O)[O-])ccc1OCc1ccccc1Cl. The molecule has 3 atom stereocenters. The molecule has 2 aliphatic rings. The minimum atomic E-state index is -1.39. The van der Waals surface area contributed by atoms with E-state index in [0.29, 0.717) is 46.5 Å². The maximum atomic E-state index is 13.3. The molecule has 5 rings (SSSR count). The smallest absolute Gasteiger partial charge is 0.256 e. The van der Waals surface area contributed by atoms with Crippen molar-refractivity contribution >= 4 is 23.2 Å². The molecule has 36 heavy (non-hydrogen) atoms. The number of para-hydroxylation sites is 1. The number of halogens is 1. The summed E-state index contributed by atoms with van der Waals surface area (Å²) in [5.41, 5.74) is 1.40. The zero-order valence-corrected chi connectivity index (χ0v) is 20.7. The molecular weight excluding hydrogens is 482 g/mol. The summed E-state index contributed by atoms with van der Waals surface area (Å²) in [7, 11) is 1.77. The number of rotatable bonds is 7. The predicted octanol–water partition coefficient (Wildman–Crippen LogP) is 4.84. The second-order valence-electron chi connectivity index (χ2n) is 9.00. The number of hydrogen-bond donors (Lipinski definition) is 1. The second kappa shape index (κ2) is 9.44. The van der Waals surface area contributed by atoms with E-state index in [-0.39, 0.29) is 17.4 Å². The minimum Gasteiger partial charge on any atom is -0.490 e. The zero-order valence-electron chi connectivity index (χ0n) is 19.9. The number of fused-ring (bicyclic) bond motifs is 2. The van der Waals surface area contributed by atoms with Gasteiger partial charge in [0.15, 0.2) is 17.0 Å². The highest BCUT2D eigenvalue weighted by molar-refractivity contribution is 6.31. The molecule has 1 amide bonds. The Hall–Kier alpha value is -3.62. The third-order valence-electron chi connectivity index (χ3n) is 7.08. The largest absolute Gasteiger partial charge is 0.490 e. The Labute approximate surface area is 213 Å². The Kier molecular flexibility index (Phi) is 6.32. The number of anilines is 1. The van der Waals surface area contributed by atoms with Crippen molar-refractivity contribution in [2.45, 2.75) is 31.0 Å². The average Bonchev–Trinajstić information content (AvgIpc) is 3.34. The molecule has 1 spiro atoms. The van der Waals surface area contributed by atoms with Gasteiger partial charge in [-0.15, -0.1) is 0 Å². The number of nitro groups is 1. The standard InChI is InChI=1S/C27H26ClN3O5/c1-3-35-24-14-17(12-13-23(24)36-16-18-8-4-6-10-21(18)28)19-15-30(2)27(25(19)31(33)34)20-9-5-7-11-22(20)29-26(27)32/h4-14,19,25H,3,15-16H2,1-2H3,(H,29,32)/t19-,25-,27+/m0/s1. The van der Waals surface area contributed by atoms with Crippen molar-refractivity contribution < 1.29 is 19.2 Å². The highest BCUT2D eigenvalue weighted by Gasteiger charge is 2.68. The monoisotopic (exact) mass is 507 g/mol. The van der Waals surface area contributed by atoms with Crippen LogP contribution in [0.2, 0.25) is 5.02 Å². The van der Waals surface area contributed by atoms with E-state index in [4.69, 9.17) is 21.1 Å². The summed E-state index contributed by atoms with van der Waals surface area (Å²) in [5, 5.41) is 16.0. The van der Waals surface area contributed by atoms with E-state index in [1.807, 2.05) is 31.2 Å². The number of carbonyl (C=O) groups is 1. The number of hydrogen-bond acceptors (Lipinski definition) is 6. The molecule has 0 radical (unpaired) electrons. The van der Waals surface area contributed by atoms with Gasteiger partial charge in [-0.2, -0.15) is 0 Å². The van der Waals surface area contributed by atoms with Gasteiger partial charge in [0.2, 0.25) is 0 Å². The van der Waals surface area contributed by atoms with Crippen molar-refractivity contribution in [2.24, 2.45) is 0 Å². The molecule has 0 aromatic heterocycles. The van der Waals surface area contributed by atoms with Crippen LogP contribution < -0.4 is 14.8 Å². The number of likely N-dealkylation sites (tertiary alicyclic amines) is 1. The first-order valence-electron chi connectivity index (χ1n) is 11.8. The van der Waals surface area contributed by atoms with Crippen LogP contribution in [0.5, 0.6) is 11.5 Å². The third kappa shape index (κ3) is 3.77. The van der Waals surface area contributed by atoms with Gasteiger partial charge in [-0.3, -0.25) is 19.8 Å². The lowest BCUT2D eigenvalue weighted by Crippen LogP contribution is -2.54. The van der Waals surface area contributed by atoms with Crippen molar-refractivity contribution in [3.63, 3.8) is 0 Å². The lowest BCUT2D eigenvalue weighted by atomic mass is 9.79. The molecule has 186 valence electrons. The predicted molar refractivity (Wildman–Crippen MR) is 136 cm³/mol. The fraction of sp³-hybridized carbons (Fsp3) is 0.296. The Morgan fingerprint density at radius 1 is 1.11 bits per heavy atom. The number of amides is 1. The van der Waals surface area contributed by atoms with E-state index in [0.717, 1.165) is 5.56 Å². The lowest BCUT2D eigenvalue weighted by molar-refractivity contribution is -0.534. The van der Waals surface area contributed by atoms with E-state index in [1.165, 1.54) is 0 Å². The fourth-order valence-electron chi connectivity index (χ4n) is 5.49. The second-order valence-corrected chi connectivity index (χ2v) is 9.41. The van der Waals surface area contributed by atoms with Gasteiger partial charge in [0.05, 0.1) is 12.5 Å². The first kappa shape index (κ1) is 24.1. The molecule has 9 heteroatoms. The van der Waals surface area contributed by atoms with Gasteiger partial charge < -0.3 is 14.8 Å².